The topological polar surface area (TPSA) is 57.0 Å². The SMILES string of the molecule is CCOC(=O)c1ccc(-n2nc(C)c(C)c2C)nc1. The van der Waals surface area contributed by atoms with E-state index in [4.69, 9.17) is 4.74 Å². The average molecular weight is 259 g/mol. The molecule has 2 aromatic rings. The molecule has 100 valence electrons. The van der Waals surface area contributed by atoms with Crippen LogP contribution < -0.4 is 0 Å². The number of esters is 1. The summed E-state index contributed by atoms with van der Waals surface area (Å²) in [6.07, 6.45) is 1.51. The molecular formula is C14H17N3O2. The second kappa shape index (κ2) is 5.22. The molecule has 0 spiro atoms. The standard InChI is InChI=1S/C14H17N3O2/c1-5-19-14(18)12-6-7-13(15-8-12)17-11(4)9(2)10(3)16-17/h6-8H,5H2,1-4H3. The van der Waals surface area contributed by atoms with E-state index in [0.717, 1.165) is 17.0 Å². The van der Waals surface area contributed by atoms with E-state index in [2.05, 4.69) is 10.1 Å². The van der Waals surface area contributed by atoms with E-state index < -0.39 is 0 Å². The highest BCUT2D eigenvalue weighted by atomic mass is 16.5. The van der Waals surface area contributed by atoms with Crippen LogP contribution in [0.1, 0.15) is 34.2 Å². The van der Waals surface area contributed by atoms with Crippen molar-refractivity contribution in [2.24, 2.45) is 0 Å². The Bertz CT molecular complexity index is 600. The van der Waals surface area contributed by atoms with Crippen molar-refractivity contribution in [1.82, 2.24) is 14.8 Å². The van der Waals surface area contributed by atoms with Crippen LogP contribution in [0.25, 0.3) is 5.82 Å². The second-order valence-electron chi connectivity index (χ2n) is 4.33. The van der Waals surface area contributed by atoms with Gasteiger partial charge in [-0.1, -0.05) is 0 Å². The lowest BCUT2D eigenvalue weighted by molar-refractivity contribution is 0.0526. The zero-order valence-corrected chi connectivity index (χ0v) is 11.6. The van der Waals surface area contributed by atoms with Gasteiger partial charge in [-0.15, -0.1) is 0 Å². The zero-order chi connectivity index (χ0) is 14.0. The number of ether oxygens (including phenoxy) is 1. The molecule has 0 amide bonds. The lowest BCUT2D eigenvalue weighted by atomic mass is 10.2. The molecule has 5 nitrogen and oxygen atoms in total. The molecule has 0 aromatic carbocycles. The van der Waals surface area contributed by atoms with Crippen molar-refractivity contribution in [3.05, 3.63) is 40.8 Å². The quantitative estimate of drug-likeness (QED) is 0.794. The molecule has 0 aliphatic carbocycles. The van der Waals surface area contributed by atoms with Crippen LogP contribution in [-0.2, 0) is 4.74 Å². The summed E-state index contributed by atoms with van der Waals surface area (Å²) in [5, 5.41) is 4.43. The Hall–Kier alpha value is -2.17. The number of nitrogens with zero attached hydrogens (tertiary/aromatic N) is 3. The maximum Gasteiger partial charge on any atom is 0.339 e. The number of rotatable bonds is 3. The number of aryl methyl sites for hydroxylation is 1. The number of carbonyl (C=O) groups is 1. The molecular weight excluding hydrogens is 242 g/mol. The highest BCUT2D eigenvalue weighted by molar-refractivity contribution is 5.89. The molecule has 0 atom stereocenters. The first-order chi connectivity index (χ1) is 9.04. The van der Waals surface area contributed by atoms with Crippen LogP contribution >= 0.6 is 0 Å². The van der Waals surface area contributed by atoms with Gasteiger partial charge in [0.25, 0.3) is 0 Å². The molecule has 0 aliphatic rings. The van der Waals surface area contributed by atoms with Gasteiger partial charge in [-0.25, -0.2) is 14.5 Å². The molecule has 0 bridgehead atoms. The maximum absolute atomic E-state index is 11.5. The highest BCUT2D eigenvalue weighted by Crippen LogP contribution is 2.15. The van der Waals surface area contributed by atoms with Gasteiger partial charge in [0.1, 0.15) is 0 Å². The molecule has 19 heavy (non-hydrogen) atoms. The van der Waals surface area contributed by atoms with Gasteiger partial charge >= 0.3 is 5.97 Å². The van der Waals surface area contributed by atoms with E-state index in [1.165, 1.54) is 6.20 Å². The molecule has 2 heterocycles. The lowest BCUT2D eigenvalue weighted by Crippen LogP contribution is -2.07. The van der Waals surface area contributed by atoms with E-state index in [9.17, 15) is 4.79 Å². The molecule has 5 heteroatoms. The first-order valence-electron chi connectivity index (χ1n) is 6.21. The number of hydrogen-bond donors (Lipinski definition) is 0. The van der Waals surface area contributed by atoms with Gasteiger partial charge < -0.3 is 4.74 Å². The molecule has 0 N–H and O–H groups in total. The maximum atomic E-state index is 11.5. The Balaban J connectivity index is 2.32. The monoisotopic (exact) mass is 259 g/mol. The molecule has 0 saturated heterocycles. The van der Waals surface area contributed by atoms with Crippen LogP contribution in [-0.4, -0.2) is 27.3 Å². The summed E-state index contributed by atoms with van der Waals surface area (Å²) in [6, 6.07) is 3.47. The Morgan fingerprint density at radius 1 is 1.32 bits per heavy atom. The van der Waals surface area contributed by atoms with Gasteiger partial charge in [-0.05, 0) is 45.4 Å². The van der Waals surface area contributed by atoms with Crippen molar-refractivity contribution in [1.29, 1.82) is 0 Å². The predicted molar refractivity (Wildman–Crippen MR) is 71.5 cm³/mol. The van der Waals surface area contributed by atoms with Crippen LogP contribution in [0, 0.1) is 20.8 Å². The van der Waals surface area contributed by atoms with Crippen molar-refractivity contribution < 1.29 is 9.53 Å². The van der Waals surface area contributed by atoms with Crippen molar-refractivity contribution in [3.63, 3.8) is 0 Å². The summed E-state index contributed by atoms with van der Waals surface area (Å²) < 4.78 is 6.70. The van der Waals surface area contributed by atoms with Crippen LogP contribution in [0.5, 0.6) is 0 Å². The van der Waals surface area contributed by atoms with Crippen molar-refractivity contribution in [2.45, 2.75) is 27.7 Å². The Morgan fingerprint density at radius 3 is 2.53 bits per heavy atom. The predicted octanol–water partition coefficient (Wildman–Crippen LogP) is 2.37. The van der Waals surface area contributed by atoms with E-state index in [1.54, 1.807) is 23.7 Å². The minimum atomic E-state index is -0.355. The average Bonchev–Trinajstić information content (AvgIpc) is 2.67. The van der Waals surface area contributed by atoms with Gasteiger partial charge in [-0.2, -0.15) is 5.10 Å². The number of aromatic nitrogens is 3. The van der Waals surface area contributed by atoms with E-state index in [-0.39, 0.29) is 5.97 Å². The van der Waals surface area contributed by atoms with Crippen LogP contribution in [0.2, 0.25) is 0 Å². The van der Waals surface area contributed by atoms with Gasteiger partial charge in [-0.3, -0.25) is 0 Å². The third kappa shape index (κ3) is 2.50. The lowest BCUT2D eigenvalue weighted by Gasteiger charge is -2.05. The van der Waals surface area contributed by atoms with E-state index in [0.29, 0.717) is 18.0 Å². The van der Waals surface area contributed by atoms with Crippen LogP contribution in [0.3, 0.4) is 0 Å². The van der Waals surface area contributed by atoms with Gasteiger partial charge in [0.2, 0.25) is 0 Å². The first kappa shape index (κ1) is 13.3. The third-order valence-electron chi connectivity index (χ3n) is 3.13. The van der Waals surface area contributed by atoms with Crippen molar-refractivity contribution in [3.8, 4) is 5.82 Å². The highest BCUT2D eigenvalue weighted by Gasteiger charge is 2.11. The smallest absolute Gasteiger partial charge is 0.339 e. The Labute approximate surface area is 112 Å². The summed E-state index contributed by atoms with van der Waals surface area (Å²) in [4.78, 5) is 15.8. The summed E-state index contributed by atoms with van der Waals surface area (Å²) in [7, 11) is 0. The normalized spacial score (nSPS) is 10.5. The zero-order valence-electron chi connectivity index (χ0n) is 11.6. The second-order valence-corrected chi connectivity index (χ2v) is 4.33. The summed E-state index contributed by atoms with van der Waals surface area (Å²) in [6.45, 7) is 8.12. The fourth-order valence-electron chi connectivity index (χ4n) is 1.79. The van der Waals surface area contributed by atoms with Crippen LogP contribution in [0.4, 0.5) is 0 Å². The third-order valence-corrected chi connectivity index (χ3v) is 3.13. The van der Waals surface area contributed by atoms with Crippen molar-refractivity contribution in [2.75, 3.05) is 6.61 Å². The summed E-state index contributed by atoms with van der Waals surface area (Å²) >= 11 is 0. The molecule has 2 rings (SSSR count). The van der Waals surface area contributed by atoms with E-state index >= 15 is 0 Å². The molecule has 0 unspecified atom stereocenters. The van der Waals surface area contributed by atoms with Gasteiger partial charge in [0.15, 0.2) is 5.82 Å². The van der Waals surface area contributed by atoms with E-state index in [1.807, 2.05) is 20.8 Å². The Morgan fingerprint density at radius 2 is 2.05 bits per heavy atom. The summed E-state index contributed by atoms with van der Waals surface area (Å²) in [5.41, 5.74) is 3.63. The van der Waals surface area contributed by atoms with Gasteiger partial charge in [0.05, 0.1) is 17.9 Å². The minimum Gasteiger partial charge on any atom is -0.462 e. The Kier molecular flexibility index (Phi) is 3.64. The summed E-state index contributed by atoms with van der Waals surface area (Å²) in [5.74, 6) is 0.341. The molecule has 0 radical (unpaired) electrons. The fourth-order valence-corrected chi connectivity index (χ4v) is 1.79. The number of pyridine rings is 1. The van der Waals surface area contributed by atoms with Crippen LogP contribution in [0.15, 0.2) is 18.3 Å². The first-order valence-corrected chi connectivity index (χ1v) is 6.21. The van der Waals surface area contributed by atoms with Gasteiger partial charge in [0, 0.05) is 11.9 Å². The number of carbonyl (C=O) groups excluding carboxylic acids is 1. The molecule has 0 fully saturated rings. The fraction of sp³-hybridized carbons (Fsp3) is 0.357. The molecule has 2 aromatic heterocycles. The minimum absolute atomic E-state index is 0.355. The van der Waals surface area contributed by atoms with Crippen molar-refractivity contribution >= 4 is 5.97 Å². The molecule has 0 aliphatic heterocycles. The number of hydrogen-bond acceptors (Lipinski definition) is 4. The molecule has 0 saturated carbocycles. The largest absolute Gasteiger partial charge is 0.462 e.